The summed E-state index contributed by atoms with van der Waals surface area (Å²) in [5.74, 6) is 0.911. The van der Waals surface area contributed by atoms with Crippen molar-refractivity contribution in [3.8, 4) is 0 Å². The standard InChI is InChI=1S/C16H26N4O.ClH/c1-3-14-13(11-19(2)18-14)16(21)20-9-6-12(7-10-20)15-5-4-8-17-15;/h11-12,15,17H,3-10H2,1-2H3;1H. The quantitative estimate of drug-likeness (QED) is 0.924. The molecule has 5 nitrogen and oxygen atoms in total. The van der Waals surface area contributed by atoms with Gasteiger partial charge in [0.1, 0.15) is 0 Å². The van der Waals surface area contributed by atoms with E-state index >= 15 is 0 Å². The third-order valence-electron chi connectivity index (χ3n) is 4.96. The van der Waals surface area contributed by atoms with Gasteiger partial charge in [0, 0.05) is 32.4 Å². The first-order valence-corrected chi connectivity index (χ1v) is 8.24. The third-order valence-corrected chi connectivity index (χ3v) is 4.96. The van der Waals surface area contributed by atoms with Crippen molar-refractivity contribution in [2.75, 3.05) is 19.6 Å². The summed E-state index contributed by atoms with van der Waals surface area (Å²) in [5.41, 5.74) is 1.71. The number of nitrogens with zero attached hydrogens (tertiary/aromatic N) is 3. The highest BCUT2D eigenvalue weighted by Gasteiger charge is 2.31. The van der Waals surface area contributed by atoms with Crippen molar-refractivity contribution >= 4 is 18.3 Å². The molecule has 1 atom stereocenters. The van der Waals surface area contributed by atoms with Crippen LogP contribution in [0.15, 0.2) is 6.20 Å². The van der Waals surface area contributed by atoms with E-state index in [0.29, 0.717) is 6.04 Å². The van der Waals surface area contributed by atoms with Crippen LogP contribution < -0.4 is 5.32 Å². The second-order valence-electron chi connectivity index (χ2n) is 6.35. The van der Waals surface area contributed by atoms with Gasteiger partial charge in [-0.05, 0) is 44.6 Å². The normalized spacial score (nSPS) is 22.6. The van der Waals surface area contributed by atoms with Gasteiger partial charge in [-0.1, -0.05) is 6.92 Å². The highest BCUT2D eigenvalue weighted by molar-refractivity contribution is 5.95. The fourth-order valence-corrected chi connectivity index (χ4v) is 3.76. The molecule has 22 heavy (non-hydrogen) atoms. The lowest BCUT2D eigenvalue weighted by atomic mass is 9.88. The fourth-order valence-electron chi connectivity index (χ4n) is 3.76. The maximum Gasteiger partial charge on any atom is 0.257 e. The second kappa shape index (κ2) is 7.47. The van der Waals surface area contributed by atoms with Gasteiger partial charge in [-0.2, -0.15) is 5.10 Å². The number of carbonyl (C=O) groups is 1. The van der Waals surface area contributed by atoms with Crippen LogP contribution in [0.3, 0.4) is 0 Å². The Bertz CT molecular complexity index is 502. The molecule has 3 heterocycles. The van der Waals surface area contributed by atoms with Crippen LogP contribution in [-0.4, -0.2) is 46.3 Å². The van der Waals surface area contributed by atoms with Crippen LogP contribution in [0.1, 0.15) is 48.7 Å². The van der Waals surface area contributed by atoms with E-state index in [-0.39, 0.29) is 18.3 Å². The van der Waals surface area contributed by atoms with Crippen molar-refractivity contribution < 1.29 is 4.79 Å². The van der Waals surface area contributed by atoms with Gasteiger partial charge in [-0.3, -0.25) is 9.48 Å². The number of nitrogens with one attached hydrogen (secondary N) is 1. The van der Waals surface area contributed by atoms with Gasteiger partial charge in [-0.15, -0.1) is 12.4 Å². The molecule has 0 bridgehead atoms. The minimum atomic E-state index is 0. The Balaban J connectivity index is 0.00000176. The van der Waals surface area contributed by atoms with Crippen LogP contribution in [0.2, 0.25) is 0 Å². The average molecular weight is 327 g/mol. The Morgan fingerprint density at radius 1 is 1.36 bits per heavy atom. The number of halogens is 1. The summed E-state index contributed by atoms with van der Waals surface area (Å²) >= 11 is 0. The summed E-state index contributed by atoms with van der Waals surface area (Å²) in [4.78, 5) is 14.7. The number of amides is 1. The van der Waals surface area contributed by atoms with Crippen molar-refractivity contribution in [2.24, 2.45) is 13.0 Å². The Hall–Kier alpha value is -1.07. The van der Waals surface area contributed by atoms with Crippen LogP contribution in [0.4, 0.5) is 0 Å². The molecule has 1 unspecified atom stereocenters. The fraction of sp³-hybridized carbons (Fsp3) is 0.750. The predicted molar refractivity (Wildman–Crippen MR) is 89.5 cm³/mol. The summed E-state index contributed by atoms with van der Waals surface area (Å²) in [7, 11) is 1.88. The van der Waals surface area contributed by atoms with Gasteiger partial charge in [-0.25, -0.2) is 0 Å². The number of carbonyl (C=O) groups excluding carboxylic acids is 1. The van der Waals surface area contributed by atoms with Gasteiger partial charge < -0.3 is 10.2 Å². The van der Waals surface area contributed by atoms with E-state index in [2.05, 4.69) is 17.3 Å². The van der Waals surface area contributed by atoms with Crippen molar-refractivity contribution in [3.63, 3.8) is 0 Å². The third kappa shape index (κ3) is 3.46. The van der Waals surface area contributed by atoms with E-state index in [9.17, 15) is 4.79 Å². The lowest BCUT2D eigenvalue weighted by molar-refractivity contribution is 0.0673. The monoisotopic (exact) mass is 326 g/mol. The summed E-state index contributed by atoms with van der Waals surface area (Å²) in [5, 5.41) is 7.99. The first-order valence-electron chi connectivity index (χ1n) is 8.24. The molecule has 6 heteroatoms. The Morgan fingerprint density at radius 3 is 2.68 bits per heavy atom. The minimum absolute atomic E-state index is 0. The predicted octanol–water partition coefficient (Wildman–Crippen LogP) is 2.01. The molecule has 2 saturated heterocycles. The Morgan fingerprint density at radius 2 is 2.09 bits per heavy atom. The molecule has 1 N–H and O–H groups in total. The topological polar surface area (TPSA) is 50.2 Å². The zero-order valence-corrected chi connectivity index (χ0v) is 14.4. The second-order valence-corrected chi connectivity index (χ2v) is 6.35. The van der Waals surface area contributed by atoms with E-state index in [1.165, 1.54) is 19.4 Å². The molecule has 2 fully saturated rings. The molecular formula is C16H27ClN4O. The average Bonchev–Trinajstić information content (AvgIpc) is 3.16. The number of likely N-dealkylation sites (tertiary alicyclic amines) is 1. The summed E-state index contributed by atoms with van der Waals surface area (Å²) in [6.45, 7) is 5.00. The maximum atomic E-state index is 12.7. The molecule has 1 amide bonds. The van der Waals surface area contributed by atoms with Crippen molar-refractivity contribution in [3.05, 3.63) is 17.5 Å². The van der Waals surface area contributed by atoms with Gasteiger partial charge in [0.25, 0.3) is 5.91 Å². The lowest BCUT2D eigenvalue weighted by Gasteiger charge is -2.34. The van der Waals surface area contributed by atoms with Crippen molar-refractivity contribution in [1.29, 1.82) is 0 Å². The lowest BCUT2D eigenvalue weighted by Crippen LogP contribution is -2.43. The Labute approximate surface area is 138 Å². The van der Waals surface area contributed by atoms with Crippen LogP contribution in [0.5, 0.6) is 0 Å². The van der Waals surface area contributed by atoms with Gasteiger partial charge in [0.15, 0.2) is 0 Å². The number of aromatic nitrogens is 2. The maximum absolute atomic E-state index is 12.7. The van der Waals surface area contributed by atoms with Crippen LogP contribution in [0.25, 0.3) is 0 Å². The highest BCUT2D eigenvalue weighted by Crippen LogP contribution is 2.26. The van der Waals surface area contributed by atoms with Gasteiger partial charge >= 0.3 is 0 Å². The molecule has 0 aromatic carbocycles. The number of hydrogen-bond donors (Lipinski definition) is 1. The molecule has 0 spiro atoms. The van der Waals surface area contributed by atoms with Crippen molar-refractivity contribution in [2.45, 2.75) is 45.1 Å². The summed E-state index contributed by atoms with van der Waals surface area (Å²) in [6, 6.07) is 0.687. The molecule has 3 rings (SSSR count). The number of aryl methyl sites for hydroxylation is 2. The summed E-state index contributed by atoms with van der Waals surface area (Å²) < 4.78 is 1.75. The molecule has 1 aromatic rings. The highest BCUT2D eigenvalue weighted by atomic mass is 35.5. The number of hydrogen-bond acceptors (Lipinski definition) is 3. The largest absolute Gasteiger partial charge is 0.339 e. The van der Waals surface area contributed by atoms with E-state index < -0.39 is 0 Å². The van der Waals surface area contributed by atoms with E-state index in [1.807, 2.05) is 18.1 Å². The zero-order valence-electron chi connectivity index (χ0n) is 13.5. The van der Waals surface area contributed by atoms with Crippen LogP contribution in [0, 0.1) is 5.92 Å². The molecule has 0 radical (unpaired) electrons. The smallest absolute Gasteiger partial charge is 0.257 e. The van der Waals surface area contributed by atoms with E-state index in [0.717, 1.165) is 49.5 Å². The molecule has 1 aromatic heterocycles. The molecule has 124 valence electrons. The Kier molecular flexibility index (Phi) is 5.87. The molecule has 2 aliphatic rings. The number of rotatable bonds is 3. The van der Waals surface area contributed by atoms with E-state index in [4.69, 9.17) is 0 Å². The molecule has 0 aliphatic carbocycles. The van der Waals surface area contributed by atoms with Gasteiger partial charge in [0.05, 0.1) is 11.3 Å². The minimum Gasteiger partial charge on any atom is -0.339 e. The molecule has 2 aliphatic heterocycles. The zero-order chi connectivity index (χ0) is 14.8. The summed E-state index contributed by atoms with van der Waals surface area (Å²) in [6.07, 6.45) is 7.55. The number of piperidine rings is 1. The molecule has 0 saturated carbocycles. The molecular weight excluding hydrogens is 300 g/mol. The SMILES string of the molecule is CCc1nn(C)cc1C(=O)N1CCC(C2CCCN2)CC1.Cl. The van der Waals surface area contributed by atoms with Gasteiger partial charge in [0.2, 0.25) is 0 Å². The first kappa shape index (κ1) is 17.3. The first-order chi connectivity index (χ1) is 10.2. The van der Waals surface area contributed by atoms with Crippen molar-refractivity contribution in [1.82, 2.24) is 20.0 Å². The van der Waals surface area contributed by atoms with E-state index in [1.54, 1.807) is 4.68 Å². The van der Waals surface area contributed by atoms with Crippen LogP contribution in [-0.2, 0) is 13.5 Å². The van der Waals surface area contributed by atoms with Crippen LogP contribution >= 0.6 is 12.4 Å².